The van der Waals surface area contributed by atoms with Crippen molar-refractivity contribution in [1.82, 2.24) is 10.4 Å². The first-order valence-electron chi connectivity index (χ1n) is 8.99. The van der Waals surface area contributed by atoms with Gasteiger partial charge in [0.2, 0.25) is 0 Å². The van der Waals surface area contributed by atoms with Crippen LogP contribution in [0.25, 0.3) is 10.9 Å². The minimum absolute atomic E-state index is 0.144. The average molecular weight is 454 g/mol. The second-order valence-corrected chi connectivity index (χ2v) is 9.05. The molecular weight excluding hydrogens is 438 g/mol. The molecule has 30 heavy (non-hydrogen) atoms. The Bertz CT molecular complexity index is 1190. The summed E-state index contributed by atoms with van der Waals surface area (Å²) in [6, 6.07) is 21.1. The quantitative estimate of drug-likeness (QED) is 0.291. The number of benzene rings is 2. The molecule has 1 amide bonds. The fraction of sp³-hybridized carbons (Fsp3) is 0.0455. The Kier molecular flexibility index (Phi) is 6.63. The lowest BCUT2D eigenvalue weighted by atomic mass is 10.2. The zero-order valence-corrected chi connectivity index (χ0v) is 18.0. The van der Waals surface area contributed by atoms with Crippen molar-refractivity contribution >= 4 is 57.7 Å². The maximum absolute atomic E-state index is 12.0. The van der Waals surface area contributed by atoms with Gasteiger partial charge in [-0.2, -0.15) is 5.10 Å². The minimum Gasteiger partial charge on any atom is -0.481 e. The molecule has 0 saturated carbocycles. The number of halogens is 1. The summed E-state index contributed by atoms with van der Waals surface area (Å²) in [5.74, 6) is 0.223. The van der Waals surface area contributed by atoms with Crippen molar-refractivity contribution in [3.8, 4) is 5.75 Å². The zero-order chi connectivity index (χ0) is 20.8. The Morgan fingerprint density at radius 3 is 2.83 bits per heavy atom. The minimum atomic E-state index is -0.341. The molecule has 4 aromatic rings. The predicted molar refractivity (Wildman–Crippen MR) is 123 cm³/mol. The summed E-state index contributed by atoms with van der Waals surface area (Å²) in [5.41, 5.74) is 3.21. The van der Waals surface area contributed by atoms with Crippen LogP contribution in [0.1, 0.15) is 4.88 Å². The molecule has 0 aliphatic heterocycles. The number of fused-ring (bicyclic) bond motifs is 1. The lowest BCUT2D eigenvalue weighted by Crippen LogP contribution is -2.24. The molecule has 0 saturated heterocycles. The van der Waals surface area contributed by atoms with E-state index in [0.717, 1.165) is 29.9 Å². The molecule has 0 atom stereocenters. The third-order valence-electron chi connectivity index (χ3n) is 3.97. The van der Waals surface area contributed by atoms with Gasteiger partial charge in [-0.05, 0) is 48.5 Å². The number of nitrogens with one attached hydrogen (secondary N) is 1. The van der Waals surface area contributed by atoms with Gasteiger partial charge in [0.05, 0.1) is 10.4 Å². The number of aromatic nitrogens is 1. The highest BCUT2D eigenvalue weighted by Gasteiger charge is 2.06. The first kappa shape index (κ1) is 20.4. The van der Waals surface area contributed by atoms with E-state index in [0.29, 0.717) is 5.75 Å². The van der Waals surface area contributed by atoms with E-state index in [9.17, 15) is 4.79 Å². The normalized spacial score (nSPS) is 11.1. The molecule has 0 aliphatic rings. The fourth-order valence-corrected chi connectivity index (χ4v) is 4.73. The number of carbonyl (C=O) groups excluding carboxylic acids is 1. The van der Waals surface area contributed by atoms with Crippen LogP contribution < -0.4 is 10.2 Å². The van der Waals surface area contributed by atoms with Gasteiger partial charge < -0.3 is 4.74 Å². The van der Waals surface area contributed by atoms with Crippen molar-refractivity contribution in [2.75, 3.05) is 6.61 Å². The van der Waals surface area contributed by atoms with Crippen molar-refractivity contribution in [3.63, 3.8) is 0 Å². The van der Waals surface area contributed by atoms with Crippen molar-refractivity contribution in [3.05, 3.63) is 82.8 Å². The smallest absolute Gasteiger partial charge is 0.277 e. The number of rotatable bonds is 7. The molecule has 2 aromatic heterocycles. The third-order valence-corrected chi connectivity index (χ3v) is 6.38. The van der Waals surface area contributed by atoms with Crippen LogP contribution in [0.2, 0.25) is 5.02 Å². The second kappa shape index (κ2) is 9.75. The van der Waals surface area contributed by atoms with Crippen LogP contribution in [0.5, 0.6) is 5.75 Å². The summed E-state index contributed by atoms with van der Waals surface area (Å²) < 4.78 is 6.73. The van der Waals surface area contributed by atoms with Crippen LogP contribution in [0.15, 0.2) is 87.1 Å². The maximum Gasteiger partial charge on any atom is 0.277 e. The molecule has 4 rings (SSSR count). The predicted octanol–water partition coefficient (Wildman–Crippen LogP) is 5.63. The Labute approximate surface area is 186 Å². The molecule has 0 fully saturated rings. The first-order chi connectivity index (χ1) is 14.7. The van der Waals surface area contributed by atoms with Gasteiger partial charge in [0, 0.05) is 26.4 Å². The number of para-hydroxylation sites is 1. The summed E-state index contributed by atoms with van der Waals surface area (Å²) in [7, 11) is 0. The van der Waals surface area contributed by atoms with Crippen molar-refractivity contribution in [1.29, 1.82) is 0 Å². The molecule has 2 aromatic carbocycles. The summed E-state index contributed by atoms with van der Waals surface area (Å²) in [5, 5.41) is 5.69. The fourth-order valence-electron chi connectivity index (χ4n) is 2.61. The number of thiophene rings is 1. The SMILES string of the molecule is O=C(COc1cccc2cccnc12)N/N=C\c1ccc(Sc2ccc(Cl)cc2)s1. The highest BCUT2D eigenvalue weighted by Crippen LogP contribution is 2.33. The van der Waals surface area contributed by atoms with Crippen LogP contribution >= 0.6 is 34.7 Å². The van der Waals surface area contributed by atoms with Gasteiger partial charge in [0.15, 0.2) is 6.61 Å². The highest BCUT2D eigenvalue weighted by molar-refractivity contribution is 8.01. The molecule has 0 radical (unpaired) electrons. The Morgan fingerprint density at radius 1 is 1.13 bits per heavy atom. The van der Waals surface area contributed by atoms with Crippen molar-refractivity contribution in [2.24, 2.45) is 5.10 Å². The summed E-state index contributed by atoms with van der Waals surface area (Å²) in [6.07, 6.45) is 3.31. The molecule has 0 bridgehead atoms. The first-order valence-corrected chi connectivity index (χ1v) is 11.0. The molecule has 150 valence electrons. The molecule has 0 spiro atoms. The number of amides is 1. The Morgan fingerprint density at radius 2 is 1.97 bits per heavy atom. The van der Waals surface area contributed by atoms with E-state index in [-0.39, 0.29) is 12.5 Å². The van der Waals surface area contributed by atoms with Gasteiger partial charge in [0.1, 0.15) is 11.3 Å². The molecule has 5 nitrogen and oxygen atoms in total. The van der Waals surface area contributed by atoms with Gasteiger partial charge in [-0.15, -0.1) is 11.3 Å². The number of ether oxygens (including phenoxy) is 1. The van der Waals surface area contributed by atoms with Crippen LogP contribution in [-0.4, -0.2) is 23.7 Å². The van der Waals surface area contributed by atoms with E-state index < -0.39 is 0 Å². The van der Waals surface area contributed by atoms with E-state index in [1.165, 1.54) is 0 Å². The zero-order valence-electron chi connectivity index (χ0n) is 15.6. The average Bonchev–Trinajstić information content (AvgIpc) is 3.21. The van der Waals surface area contributed by atoms with Gasteiger partial charge >= 0.3 is 0 Å². The number of pyridine rings is 1. The van der Waals surface area contributed by atoms with Crippen LogP contribution in [0.4, 0.5) is 0 Å². The Hall–Kier alpha value is -2.87. The molecule has 0 unspecified atom stereocenters. The van der Waals surface area contributed by atoms with Gasteiger partial charge in [0.25, 0.3) is 5.91 Å². The number of nitrogens with zero attached hydrogens (tertiary/aromatic N) is 2. The largest absolute Gasteiger partial charge is 0.481 e. The maximum atomic E-state index is 12.0. The topological polar surface area (TPSA) is 63.6 Å². The summed E-state index contributed by atoms with van der Waals surface area (Å²) in [6.45, 7) is -0.144. The lowest BCUT2D eigenvalue weighted by molar-refractivity contribution is -0.123. The molecule has 1 N–H and O–H groups in total. The van der Waals surface area contributed by atoms with Crippen LogP contribution in [-0.2, 0) is 4.79 Å². The Balaban J connectivity index is 1.28. The van der Waals surface area contributed by atoms with E-state index in [1.807, 2.05) is 60.7 Å². The lowest BCUT2D eigenvalue weighted by Gasteiger charge is -2.07. The van der Waals surface area contributed by atoms with E-state index >= 15 is 0 Å². The monoisotopic (exact) mass is 453 g/mol. The van der Waals surface area contributed by atoms with E-state index in [2.05, 4.69) is 15.5 Å². The second-order valence-electron chi connectivity index (χ2n) is 6.13. The molecule has 8 heteroatoms. The number of hydrogen-bond acceptors (Lipinski definition) is 6. The van der Waals surface area contributed by atoms with Gasteiger partial charge in [-0.1, -0.05) is 41.6 Å². The van der Waals surface area contributed by atoms with E-state index in [4.69, 9.17) is 16.3 Å². The molecular formula is C22H16ClN3O2S2. The highest BCUT2D eigenvalue weighted by atomic mass is 35.5. The summed E-state index contributed by atoms with van der Waals surface area (Å²) >= 11 is 9.15. The standard InChI is InChI=1S/C22H16ClN3O2S2/c23-16-6-8-17(9-7-16)29-21-11-10-18(30-21)13-25-26-20(27)14-28-19-5-1-3-15-4-2-12-24-22(15)19/h1-13H,14H2,(H,26,27)/b25-13-. The van der Waals surface area contributed by atoms with Crippen molar-refractivity contribution < 1.29 is 9.53 Å². The van der Waals surface area contributed by atoms with Crippen molar-refractivity contribution in [2.45, 2.75) is 9.10 Å². The number of hydrogen-bond donors (Lipinski definition) is 1. The molecule has 2 heterocycles. The third kappa shape index (κ3) is 5.38. The summed E-state index contributed by atoms with van der Waals surface area (Å²) in [4.78, 5) is 18.4. The molecule has 0 aliphatic carbocycles. The van der Waals surface area contributed by atoms with Crippen LogP contribution in [0.3, 0.4) is 0 Å². The van der Waals surface area contributed by atoms with Gasteiger partial charge in [-0.25, -0.2) is 5.43 Å². The van der Waals surface area contributed by atoms with Crippen LogP contribution in [0, 0.1) is 0 Å². The van der Waals surface area contributed by atoms with E-state index in [1.54, 1.807) is 41.6 Å². The number of carbonyl (C=O) groups is 1. The van der Waals surface area contributed by atoms with Gasteiger partial charge in [-0.3, -0.25) is 9.78 Å². The number of hydrazone groups is 1.